The van der Waals surface area contributed by atoms with Crippen molar-refractivity contribution in [2.45, 2.75) is 13.5 Å². The molecule has 0 aromatic heterocycles. The Morgan fingerprint density at radius 3 is 2.57 bits per heavy atom. The first kappa shape index (κ1) is 15.5. The van der Waals surface area contributed by atoms with Crippen molar-refractivity contribution >= 4 is 21.9 Å². The molecule has 0 spiro atoms. The summed E-state index contributed by atoms with van der Waals surface area (Å²) in [7, 11) is 0. The van der Waals surface area contributed by atoms with Gasteiger partial charge in [0.1, 0.15) is 18.2 Å². The van der Waals surface area contributed by atoms with Crippen molar-refractivity contribution in [3.8, 4) is 5.75 Å². The molecular formula is C16H14BrFO3. The van der Waals surface area contributed by atoms with Crippen LogP contribution in [-0.2, 0) is 11.3 Å². The number of hydrogen-bond acceptors (Lipinski definition) is 3. The van der Waals surface area contributed by atoms with Gasteiger partial charge in [-0.1, -0.05) is 12.1 Å². The van der Waals surface area contributed by atoms with E-state index in [4.69, 9.17) is 9.47 Å². The molecule has 0 saturated carbocycles. The third-order valence-corrected chi connectivity index (χ3v) is 3.68. The minimum Gasteiger partial charge on any atom is -0.489 e. The van der Waals surface area contributed by atoms with Gasteiger partial charge in [0.15, 0.2) is 0 Å². The van der Waals surface area contributed by atoms with E-state index in [1.165, 1.54) is 6.07 Å². The topological polar surface area (TPSA) is 35.5 Å². The molecule has 0 heterocycles. The summed E-state index contributed by atoms with van der Waals surface area (Å²) >= 11 is 3.19. The first-order valence-electron chi connectivity index (χ1n) is 6.44. The van der Waals surface area contributed by atoms with Crippen LogP contribution in [0.25, 0.3) is 0 Å². The Morgan fingerprint density at radius 2 is 1.90 bits per heavy atom. The van der Waals surface area contributed by atoms with Gasteiger partial charge >= 0.3 is 5.97 Å². The molecule has 21 heavy (non-hydrogen) atoms. The average Bonchev–Trinajstić information content (AvgIpc) is 2.49. The molecule has 0 unspecified atom stereocenters. The van der Waals surface area contributed by atoms with Gasteiger partial charge in [-0.2, -0.15) is 0 Å². The number of carbonyl (C=O) groups excluding carboxylic acids is 1. The van der Waals surface area contributed by atoms with Crippen molar-refractivity contribution in [1.29, 1.82) is 0 Å². The van der Waals surface area contributed by atoms with Crippen LogP contribution in [-0.4, -0.2) is 12.6 Å². The zero-order valence-electron chi connectivity index (χ0n) is 11.4. The van der Waals surface area contributed by atoms with Gasteiger partial charge < -0.3 is 9.47 Å². The van der Waals surface area contributed by atoms with E-state index in [1.54, 1.807) is 43.3 Å². The Labute approximate surface area is 130 Å². The third kappa shape index (κ3) is 4.04. The van der Waals surface area contributed by atoms with Gasteiger partial charge in [0.2, 0.25) is 0 Å². The summed E-state index contributed by atoms with van der Waals surface area (Å²) in [5, 5.41) is 0. The second-order valence-corrected chi connectivity index (χ2v) is 5.04. The first-order valence-corrected chi connectivity index (χ1v) is 7.24. The fourth-order valence-corrected chi connectivity index (χ4v) is 2.10. The van der Waals surface area contributed by atoms with Gasteiger partial charge in [-0.25, -0.2) is 9.18 Å². The molecule has 2 aromatic carbocycles. The number of rotatable bonds is 5. The molecule has 0 aliphatic heterocycles. The van der Waals surface area contributed by atoms with Crippen LogP contribution in [0.3, 0.4) is 0 Å². The number of benzene rings is 2. The molecule has 0 fully saturated rings. The van der Waals surface area contributed by atoms with E-state index in [2.05, 4.69) is 15.9 Å². The number of esters is 1. The second kappa shape index (κ2) is 7.22. The normalized spacial score (nSPS) is 10.2. The Kier molecular flexibility index (Phi) is 5.33. The van der Waals surface area contributed by atoms with Crippen molar-refractivity contribution in [1.82, 2.24) is 0 Å². The van der Waals surface area contributed by atoms with Gasteiger partial charge in [-0.15, -0.1) is 0 Å². The summed E-state index contributed by atoms with van der Waals surface area (Å²) in [6.07, 6.45) is 0. The van der Waals surface area contributed by atoms with Gasteiger partial charge in [-0.3, -0.25) is 0 Å². The van der Waals surface area contributed by atoms with E-state index < -0.39 is 0 Å². The van der Waals surface area contributed by atoms with Gasteiger partial charge in [0, 0.05) is 5.56 Å². The smallest absolute Gasteiger partial charge is 0.338 e. The first-order chi connectivity index (χ1) is 10.1. The monoisotopic (exact) mass is 352 g/mol. The number of hydrogen-bond donors (Lipinski definition) is 0. The lowest BCUT2D eigenvalue weighted by atomic mass is 10.2. The molecule has 0 aliphatic carbocycles. The molecular weight excluding hydrogens is 339 g/mol. The highest BCUT2D eigenvalue weighted by Gasteiger charge is 2.08. The Morgan fingerprint density at radius 1 is 1.19 bits per heavy atom. The number of halogens is 2. The fourth-order valence-electron chi connectivity index (χ4n) is 1.72. The molecule has 0 atom stereocenters. The van der Waals surface area contributed by atoms with Crippen LogP contribution < -0.4 is 4.74 Å². The minimum atomic E-state index is -0.364. The number of carbonyl (C=O) groups is 1. The molecule has 0 amide bonds. The Bertz CT molecular complexity index is 626. The predicted molar refractivity (Wildman–Crippen MR) is 80.8 cm³/mol. The van der Waals surface area contributed by atoms with Crippen molar-refractivity contribution in [3.63, 3.8) is 0 Å². The van der Waals surface area contributed by atoms with Crippen LogP contribution in [0.4, 0.5) is 4.39 Å². The molecule has 3 nitrogen and oxygen atoms in total. The van der Waals surface area contributed by atoms with Gasteiger partial charge in [0.25, 0.3) is 0 Å². The SMILES string of the molecule is CCOC(=O)c1ccc(OCc2cccc(F)c2Br)cc1. The van der Waals surface area contributed by atoms with Crippen LogP contribution in [0.2, 0.25) is 0 Å². The lowest BCUT2D eigenvalue weighted by molar-refractivity contribution is 0.0526. The van der Waals surface area contributed by atoms with Gasteiger partial charge in [0.05, 0.1) is 16.6 Å². The lowest BCUT2D eigenvalue weighted by Crippen LogP contribution is -2.04. The maximum atomic E-state index is 13.4. The highest BCUT2D eigenvalue weighted by atomic mass is 79.9. The third-order valence-electron chi connectivity index (χ3n) is 2.79. The van der Waals surface area contributed by atoms with E-state index in [1.807, 2.05) is 0 Å². The van der Waals surface area contributed by atoms with E-state index in [9.17, 15) is 9.18 Å². The molecule has 2 aromatic rings. The molecule has 5 heteroatoms. The molecule has 0 bridgehead atoms. The van der Waals surface area contributed by atoms with E-state index in [-0.39, 0.29) is 18.4 Å². The molecule has 0 aliphatic rings. The van der Waals surface area contributed by atoms with E-state index in [0.717, 1.165) is 0 Å². The highest BCUT2D eigenvalue weighted by Crippen LogP contribution is 2.22. The number of ether oxygens (including phenoxy) is 2. The van der Waals surface area contributed by atoms with E-state index >= 15 is 0 Å². The largest absolute Gasteiger partial charge is 0.489 e. The summed E-state index contributed by atoms with van der Waals surface area (Å²) in [4.78, 5) is 11.5. The zero-order chi connectivity index (χ0) is 15.2. The zero-order valence-corrected chi connectivity index (χ0v) is 13.0. The van der Waals surface area contributed by atoms with Crippen LogP contribution >= 0.6 is 15.9 Å². The van der Waals surface area contributed by atoms with Crippen LogP contribution in [0.1, 0.15) is 22.8 Å². The van der Waals surface area contributed by atoms with Crippen molar-refractivity contribution < 1.29 is 18.7 Å². The Hall–Kier alpha value is -1.88. The standard InChI is InChI=1S/C16H14BrFO3/c1-2-20-16(19)11-6-8-13(9-7-11)21-10-12-4-3-5-14(18)15(12)17/h3-9H,2,10H2,1H3. The predicted octanol–water partition coefficient (Wildman–Crippen LogP) is 4.34. The summed E-state index contributed by atoms with van der Waals surface area (Å²) in [5.74, 6) is -0.0927. The van der Waals surface area contributed by atoms with Crippen molar-refractivity contribution in [2.75, 3.05) is 6.61 Å². The van der Waals surface area contributed by atoms with Crippen molar-refractivity contribution in [3.05, 3.63) is 63.9 Å². The van der Waals surface area contributed by atoms with Crippen molar-refractivity contribution in [2.24, 2.45) is 0 Å². The average molecular weight is 353 g/mol. The molecule has 2 rings (SSSR count). The van der Waals surface area contributed by atoms with Crippen LogP contribution in [0.5, 0.6) is 5.75 Å². The summed E-state index contributed by atoms with van der Waals surface area (Å²) in [5.41, 5.74) is 1.18. The summed E-state index contributed by atoms with van der Waals surface area (Å²) < 4.78 is 24.2. The van der Waals surface area contributed by atoms with E-state index in [0.29, 0.717) is 28.0 Å². The highest BCUT2D eigenvalue weighted by molar-refractivity contribution is 9.10. The maximum Gasteiger partial charge on any atom is 0.338 e. The van der Waals surface area contributed by atoms with Crippen LogP contribution in [0, 0.1) is 5.82 Å². The Balaban J connectivity index is 2.01. The maximum absolute atomic E-state index is 13.4. The minimum absolute atomic E-state index is 0.233. The molecule has 0 radical (unpaired) electrons. The summed E-state index contributed by atoms with van der Waals surface area (Å²) in [6.45, 7) is 2.33. The quantitative estimate of drug-likeness (QED) is 0.750. The summed E-state index contributed by atoms with van der Waals surface area (Å²) in [6, 6.07) is 11.4. The van der Waals surface area contributed by atoms with Crippen LogP contribution in [0.15, 0.2) is 46.9 Å². The molecule has 0 N–H and O–H groups in total. The lowest BCUT2D eigenvalue weighted by Gasteiger charge is -2.09. The second-order valence-electron chi connectivity index (χ2n) is 4.25. The fraction of sp³-hybridized carbons (Fsp3) is 0.188. The van der Waals surface area contributed by atoms with Gasteiger partial charge in [-0.05, 0) is 53.2 Å². The molecule has 110 valence electrons. The molecule has 0 saturated heterocycles.